The van der Waals surface area contributed by atoms with E-state index in [0.717, 1.165) is 17.2 Å². The molecule has 0 bridgehead atoms. The number of rotatable bonds is 4. The van der Waals surface area contributed by atoms with Crippen molar-refractivity contribution in [2.45, 2.75) is 18.8 Å². The lowest BCUT2D eigenvalue weighted by Gasteiger charge is -2.20. The van der Waals surface area contributed by atoms with Gasteiger partial charge in [-0.05, 0) is 11.3 Å². The van der Waals surface area contributed by atoms with Gasteiger partial charge in [0, 0.05) is 5.56 Å². The molecule has 0 aliphatic carbocycles. The molecule has 0 radical (unpaired) electrons. The number of primary amides is 1. The molecule has 21 heavy (non-hydrogen) atoms. The molecule has 1 amide bonds. The predicted molar refractivity (Wildman–Crippen MR) is 62.7 cm³/mol. The number of amides is 1. The molecule has 2 N–H and O–H groups in total. The Labute approximate surface area is 116 Å². The average molecular weight is 301 g/mol. The van der Waals surface area contributed by atoms with Crippen LogP contribution in [-0.2, 0) is 17.5 Å². The predicted octanol–water partition coefficient (Wildman–Crippen LogP) is 1.53. The number of tetrazole rings is 1. The lowest BCUT2D eigenvalue weighted by molar-refractivity contribution is -0.139. The summed E-state index contributed by atoms with van der Waals surface area (Å²) in [6, 6.07) is 4.73. The highest BCUT2D eigenvalue weighted by molar-refractivity contribution is 5.65. The Balaban J connectivity index is 2.39. The Morgan fingerprint density at radius 1 is 1.38 bits per heavy atom. The van der Waals surface area contributed by atoms with Crippen LogP contribution in [0.4, 0.5) is 18.0 Å². The van der Waals surface area contributed by atoms with Gasteiger partial charge >= 0.3 is 12.3 Å². The molecule has 0 unspecified atom stereocenters. The highest BCUT2D eigenvalue weighted by atomic mass is 19.4. The lowest BCUT2D eigenvalue weighted by atomic mass is 10.0. The van der Waals surface area contributed by atoms with E-state index in [2.05, 4.69) is 15.4 Å². The van der Waals surface area contributed by atoms with E-state index in [1.54, 1.807) is 0 Å². The Kier molecular flexibility index (Phi) is 4.05. The minimum Gasteiger partial charge on any atom is -0.439 e. The molecular formula is C11H10F3N5O2. The standard InChI is InChI=1S/C11H10F3N5O2/c12-11(13,14)8-4-2-1-3-7(8)9(21-10(15)20)5-19-17-6-16-18-19/h1-4,6,9H,5H2,(H2,15,20)/t9-/m1/s1. The maximum Gasteiger partial charge on any atom is 0.416 e. The van der Waals surface area contributed by atoms with Crippen molar-refractivity contribution < 1.29 is 22.7 Å². The van der Waals surface area contributed by atoms with Crippen molar-refractivity contribution in [2.24, 2.45) is 5.73 Å². The molecule has 2 rings (SSSR count). The van der Waals surface area contributed by atoms with E-state index in [1.807, 2.05) is 0 Å². The molecule has 0 aliphatic rings. The molecule has 0 saturated heterocycles. The highest BCUT2D eigenvalue weighted by Gasteiger charge is 2.36. The van der Waals surface area contributed by atoms with Crippen LogP contribution in [0.5, 0.6) is 0 Å². The van der Waals surface area contributed by atoms with Gasteiger partial charge in [0.25, 0.3) is 0 Å². The van der Waals surface area contributed by atoms with Crippen LogP contribution in [0, 0.1) is 0 Å². The molecule has 1 aromatic carbocycles. The molecule has 0 fully saturated rings. The van der Waals surface area contributed by atoms with E-state index in [4.69, 9.17) is 10.5 Å². The zero-order valence-corrected chi connectivity index (χ0v) is 10.5. The average Bonchev–Trinajstić information content (AvgIpc) is 2.89. The number of halogens is 3. The molecule has 1 atom stereocenters. The van der Waals surface area contributed by atoms with Gasteiger partial charge in [-0.2, -0.15) is 18.0 Å². The summed E-state index contributed by atoms with van der Waals surface area (Å²) in [5.74, 6) is 0. The Bertz CT molecular complexity index is 615. The van der Waals surface area contributed by atoms with Crippen molar-refractivity contribution in [3.05, 3.63) is 41.7 Å². The summed E-state index contributed by atoms with van der Waals surface area (Å²) in [5.41, 5.74) is 3.76. The number of alkyl halides is 3. The number of nitrogens with two attached hydrogens (primary N) is 1. The van der Waals surface area contributed by atoms with Gasteiger partial charge in [0.1, 0.15) is 6.54 Å². The van der Waals surface area contributed by atoms with Crippen molar-refractivity contribution in [3.63, 3.8) is 0 Å². The third kappa shape index (κ3) is 3.68. The molecular weight excluding hydrogens is 291 g/mol. The summed E-state index contributed by atoms with van der Waals surface area (Å²) >= 11 is 0. The highest BCUT2D eigenvalue weighted by Crippen LogP contribution is 2.35. The number of hydrogen-bond acceptors (Lipinski definition) is 5. The first-order valence-corrected chi connectivity index (χ1v) is 5.71. The zero-order valence-electron chi connectivity index (χ0n) is 10.5. The second-order valence-corrected chi connectivity index (χ2v) is 4.00. The molecule has 0 spiro atoms. The van der Waals surface area contributed by atoms with Gasteiger partial charge < -0.3 is 10.5 Å². The molecule has 0 saturated carbocycles. The van der Waals surface area contributed by atoms with E-state index < -0.39 is 23.9 Å². The van der Waals surface area contributed by atoms with Crippen LogP contribution in [0.15, 0.2) is 30.6 Å². The quantitative estimate of drug-likeness (QED) is 0.923. The smallest absolute Gasteiger partial charge is 0.416 e. The summed E-state index contributed by atoms with van der Waals surface area (Å²) < 4.78 is 43.8. The Morgan fingerprint density at radius 2 is 2.10 bits per heavy atom. The molecule has 7 nitrogen and oxygen atoms in total. The van der Waals surface area contributed by atoms with Crippen LogP contribution in [-0.4, -0.2) is 26.3 Å². The van der Waals surface area contributed by atoms with Gasteiger partial charge in [0.15, 0.2) is 12.4 Å². The van der Waals surface area contributed by atoms with Gasteiger partial charge in [-0.3, -0.25) is 0 Å². The maximum atomic E-state index is 13.0. The van der Waals surface area contributed by atoms with Crippen LogP contribution < -0.4 is 5.73 Å². The molecule has 2 aromatic rings. The molecule has 112 valence electrons. The molecule has 10 heteroatoms. The summed E-state index contributed by atoms with van der Waals surface area (Å²) in [5, 5.41) is 10.6. The van der Waals surface area contributed by atoms with E-state index in [-0.39, 0.29) is 12.1 Å². The largest absolute Gasteiger partial charge is 0.439 e. The summed E-state index contributed by atoms with van der Waals surface area (Å²) in [6.45, 7) is -0.240. The zero-order chi connectivity index (χ0) is 15.5. The fourth-order valence-corrected chi connectivity index (χ4v) is 1.80. The first kappa shape index (κ1) is 14.8. The van der Waals surface area contributed by atoms with Crippen molar-refractivity contribution in [1.29, 1.82) is 0 Å². The maximum absolute atomic E-state index is 13.0. The van der Waals surface area contributed by atoms with E-state index >= 15 is 0 Å². The second kappa shape index (κ2) is 5.77. The van der Waals surface area contributed by atoms with Crippen LogP contribution in [0.3, 0.4) is 0 Å². The van der Waals surface area contributed by atoms with Crippen LogP contribution in [0.25, 0.3) is 0 Å². The van der Waals surface area contributed by atoms with Crippen molar-refractivity contribution >= 4 is 6.09 Å². The third-order valence-electron chi connectivity index (χ3n) is 2.59. The van der Waals surface area contributed by atoms with E-state index in [1.165, 1.54) is 18.2 Å². The van der Waals surface area contributed by atoms with E-state index in [0.29, 0.717) is 0 Å². The minimum atomic E-state index is -4.59. The second-order valence-electron chi connectivity index (χ2n) is 4.00. The van der Waals surface area contributed by atoms with Crippen LogP contribution in [0.2, 0.25) is 0 Å². The SMILES string of the molecule is NC(=O)O[C@H](Cn1ncnn1)c1ccccc1C(F)(F)F. The van der Waals surface area contributed by atoms with Crippen LogP contribution >= 0.6 is 0 Å². The monoisotopic (exact) mass is 301 g/mol. The van der Waals surface area contributed by atoms with E-state index in [9.17, 15) is 18.0 Å². The van der Waals surface area contributed by atoms with Crippen molar-refractivity contribution in [1.82, 2.24) is 20.2 Å². The number of aromatic nitrogens is 4. The van der Waals surface area contributed by atoms with Gasteiger partial charge in [0.2, 0.25) is 0 Å². The van der Waals surface area contributed by atoms with Gasteiger partial charge in [-0.1, -0.05) is 18.2 Å². The number of carbonyl (C=O) groups is 1. The number of ether oxygens (including phenoxy) is 1. The minimum absolute atomic E-state index is 0.235. The first-order chi connectivity index (χ1) is 9.88. The van der Waals surface area contributed by atoms with Crippen molar-refractivity contribution in [3.8, 4) is 0 Å². The van der Waals surface area contributed by atoms with Gasteiger partial charge in [-0.15, -0.1) is 10.2 Å². The molecule has 1 aromatic heterocycles. The topological polar surface area (TPSA) is 95.9 Å². The Hall–Kier alpha value is -2.65. The van der Waals surface area contributed by atoms with Crippen molar-refractivity contribution in [2.75, 3.05) is 0 Å². The summed E-state index contributed by atoms with van der Waals surface area (Å²) in [6.07, 6.45) is -5.96. The molecule has 1 heterocycles. The van der Waals surface area contributed by atoms with Crippen LogP contribution in [0.1, 0.15) is 17.2 Å². The van der Waals surface area contributed by atoms with Gasteiger partial charge in [-0.25, -0.2) is 4.79 Å². The Morgan fingerprint density at radius 3 is 2.67 bits per heavy atom. The fraction of sp³-hybridized carbons (Fsp3) is 0.273. The lowest BCUT2D eigenvalue weighted by Crippen LogP contribution is -2.24. The fourth-order valence-electron chi connectivity index (χ4n) is 1.80. The number of benzene rings is 1. The number of nitrogens with zero attached hydrogens (tertiary/aromatic N) is 4. The normalized spacial score (nSPS) is 12.9. The first-order valence-electron chi connectivity index (χ1n) is 5.71. The number of hydrogen-bond donors (Lipinski definition) is 1. The number of carbonyl (C=O) groups excluding carboxylic acids is 1. The summed E-state index contributed by atoms with van der Waals surface area (Å²) in [7, 11) is 0. The third-order valence-corrected chi connectivity index (χ3v) is 2.59. The summed E-state index contributed by atoms with van der Waals surface area (Å²) in [4.78, 5) is 11.9. The van der Waals surface area contributed by atoms with Gasteiger partial charge in [0.05, 0.1) is 5.56 Å². The molecule has 0 aliphatic heterocycles.